The third-order valence-corrected chi connectivity index (χ3v) is 3.38. The van der Waals surface area contributed by atoms with Crippen LogP contribution in [0.3, 0.4) is 0 Å². The average Bonchev–Trinajstić information content (AvgIpc) is 2.74. The van der Waals surface area contributed by atoms with Crippen LogP contribution in [0.15, 0.2) is 16.9 Å². The van der Waals surface area contributed by atoms with Crippen molar-refractivity contribution in [2.45, 2.75) is 25.7 Å². The van der Waals surface area contributed by atoms with E-state index in [0.717, 1.165) is 43.0 Å². The van der Waals surface area contributed by atoms with E-state index >= 15 is 0 Å². The Morgan fingerprint density at radius 1 is 1.35 bits per heavy atom. The first-order valence-corrected chi connectivity index (χ1v) is 6.04. The van der Waals surface area contributed by atoms with Crippen LogP contribution < -0.4 is 10.9 Å². The number of hydrogen-bond donors (Lipinski definition) is 2. The second kappa shape index (κ2) is 4.00. The minimum atomic E-state index is -0.0346. The molecule has 0 bridgehead atoms. The van der Waals surface area contributed by atoms with E-state index in [2.05, 4.69) is 15.4 Å². The normalized spacial score (nSPS) is 17.7. The lowest BCUT2D eigenvalue weighted by Crippen LogP contribution is -2.27. The van der Waals surface area contributed by atoms with Gasteiger partial charge >= 0.3 is 0 Å². The fraction of sp³-hybridized carbons (Fsp3) is 0.500. The Kier molecular flexibility index (Phi) is 2.48. The molecule has 17 heavy (non-hydrogen) atoms. The third kappa shape index (κ3) is 1.86. The zero-order valence-corrected chi connectivity index (χ0v) is 9.86. The largest absolute Gasteiger partial charge is 0.317 e. The van der Waals surface area contributed by atoms with E-state index in [1.54, 1.807) is 6.07 Å². The lowest BCUT2D eigenvalue weighted by molar-refractivity contribution is 0.451. The highest BCUT2D eigenvalue weighted by molar-refractivity contribution is 5.40. The quantitative estimate of drug-likeness (QED) is 0.764. The van der Waals surface area contributed by atoms with Crippen molar-refractivity contribution in [3.05, 3.63) is 33.9 Å². The van der Waals surface area contributed by atoms with Gasteiger partial charge in [-0.15, -0.1) is 0 Å². The van der Waals surface area contributed by atoms with Crippen LogP contribution in [-0.4, -0.2) is 27.7 Å². The topological polar surface area (TPSA) is 62.2 Å². The second-order valence-electron chi connectivity index (χ2n) is 4.67. The van der Waals surface area contributed by atoms with E-state index in [-0.39, 0.29) is 5.56 Å². The second-order valence-corrected chi connectivity index (χ2v) is 4.67. The van der Waals surface area contributed by atoms with Gasteiger partial charge in [0.1, 0.15) is 0 Å². The lowest BCUT2D eigenvalue weighted by atomic mass is 9.95. The standard InChI is InChI=1S/C12H16N4O/c1-8-6-12(17)16-11(14-8)7-10(15-16)9-2-4-13-5-3-9/h6-7,9,13,15H,2-5H2,1H3. The maximum absolute atomic E-state index is 11.8. The van der Waals surface area contributed by atoms with Gasteiger partial charge in [0.25, 0.3) is 5.56 Å². The van der Waals surface area contributed by atoms with E-state index in [0.29, 0.717) is 5.92 Å². The Bertz CT molecular complexity index is 592. The van der Waals surface area contributed by atoms with Crippen LogP contribution in [0.2, 0.25) is 0 Å². The number of rotatable bonds is 1. The van der Waals surface area contributed by atoms with Crippen molar-refractivity contribution in [3.8, 4) is 0 Å². The number of H-pyrrole nitrogens is 1. The van der Waals surface area contributed by atoms with E-state index in [1.165, 1.54) is 4.52 Å². The molecule has 5 heteroatoms. The molecule has 0 aromatic carbocycles. The third-order valence-electron chi connectivity index (χ3n) is 3.38. The molecule has 1 saturated heterocycles. The van der Waals surface area contributed by atoms with Gasteiger partial charge < -0.3 is 5.32 Å². The summed E-state index contributed by atoms with van der Waals surface area (Å²) in [6, 6.07) is 3.56. The average molecular weight is 232 g/mol. The number of aromatic nitrogens is 3. The zero-order valence-electron chi connectivity index (χ0n) is 9.86. The van der Waals surface area contributed by atoms with Crippen LogP contribution in [0.1, 0.15) is 30.1 Å². The Hall–Kier alpha value is -1.62. The van der Waals surface area contributed by atoms with E-state index in [9.17, 15) is 4.79 Å². The summed E-state index contributed by atoms with van der Waals surface area (Å²) < 4.78 is 1.53. The molecule has 1 fully saturated rings. The van der Waals surface area contributed by atoms with Gasteiger partial charge in [-0.05, 0) is 32.9 Å². The maximum Gasteiger partial charge on any atom is 0.272 e. The van der Waals surface area contributed by atoms with E-state index in [1.807, 2.05) is 13.0 Å². The highest BCUT2D eigenvalue weighted by atomic mass is 16.1. The van der Waals surface area contributed by atoms with Gasteiger partial charge in [-0.2, -0.15) is 0 Å². The molecule has 0 amide bonds. The molecule has 0 unspecified atom stereocenters. The molecule has 5 nitrogen and oxygen atoms in total. The van der Waals surface area contributed by atoms with Gasteiger partial charge in [-0.1, -0.05) is 0 Å². The van der Waals surface area contributed by atoms with Gasteiger partial charge in [-0.25, -0.2) is 9.50 Å². The van der Waals surface area contributed by atoms with Crippen LogP contribution in [0.5, 0.6) is 0 Å². The van der Waals surface area contributed by atoms with E-state index in [4.69, 9.17) is 0 Å². The summed E-state index contributed by atoms with van der Waals surface area (Å²) in [6.07, 6.45) is 2.22. The van der Waals surface area contributed by atoms with E-state index < -0.39 is 0 Å². The maximum atomic E-state index is 11.8. The van der Waals surface area contributed by atoms with Crippen LogP contribution >= 0.6 is 0 Å². The van der Waals surface area contributed by atoms with Crippen molar-refractivity contribution in [3.63, 3.8) is 0 Å². The molecule has 2 N–H and O–H groups in total. The van der Waals surface area contributed by atoms with Gasteiger partial charge in [0.2, 0.25) is 0 Å². The van der Waals surface area contributed by atoms with Crippen molar-refractivity contribution in [2.75, 3.05) is 13.1 Å². The number of aromatic amines is 1. The molecule has 2 aromatic rings. The Balaban J connectivity index is 2.06. The first-order chi connectivity index (χ1) is 8.24. The molecular formula is C12H16N4O. The summed E-state index contributed by atoms with van der Waals surface area (Å²) in [6.45, 7) is 3.93. The first kappa shape index (κ1) is 10.5. The van der Waals surface area contributed by atoms with Crippen molar-refractivity contribution >= 4 is 5.65 Å². The van der Waals surface area contributed by atoms with Crippen LogP contribution in [-0.2, 0) is 0 Å². The Morgan fingerprint density at radius 2 is 2.12 bits per heavy atom. The molecule has 1 aliphatic rings. The molecule has 90 valence electrons. The molecular weight excluding hydrogens is 216 g/mol. The molecule has 0 atom stereocenters. The molecule has 3 rings (SSSR count). The van der Waals surface area contributed by atoms with Gasteiger partial charge in [0.15, 0.2) is 5.65 Å². The van der Waals surface area contributed by atoms with Crippen molar-refractivity contribution in [1.82, 2.24) is 19.9 Å². The van der Waals surface area contributed by atoms with Crippen molar-refractivity contribution in [1.29, 1.82) is 0 Å². The summed E-state index contributed by atoms with van der Waals surface area (Å²) in [5.74, 6) is 0.512. The molecule has 1 aliphatic heterocycles. The minimum Gasteiger partial charge on any atom is -0.317 e. The fourth-order valence-electron chi connectivity index (χ4n) is 2.47. The molecule has 3 heterocycles. The number of aryl methyl sites for hydroxylation is 1. The summed E-state index contributed by atoms with van der Waals surface area (Å²) in [4.78, 5) is 16.1. The number of fused-ring (bicyclic) bond motifs is 1. The highest BCUT2D eigenvalue weighted by Gasteiger charge is 2.17. The SMILES string of the molecule is Cc1cc(=O)n2[nH]c(C3CCNCC3)cc2n1. The number of nitrogens with zero attached hydrogens (tertiary/aromatic N) is 2. The Morgan fingerprint density at radius 3 is 2.88 bits per heavy atom. The van der Waals surface area contributed by atoms with Gasteiger partial charge in [0, 0.05) is 29.4 Å². The molecule has 0 radical (unpaired) electrons. The summed E-state index contributed by atoms with van der Waals surface area (Å²) in [7, 11) is 0. The van der Waals surface area contributed by atoms with Crippen LogP contribution in [0.4, 0.5) is 0 Å². The Labute approximate surface area is 98.9 Å². The fourth-order valence-corrected chi connectivity index (χ4v) is 2.47. The van der Waals surface area contributed by atoms with Crippen molar-refractivity contribution < 1.29 is 0 Å². The predicted octanol–water partition coefficient (Wildman–Crippen LogP) is 0.798. The highest BCUT2D eigenvalue weighted by Crippen LogP contribution is 2.24. The summed E-state index contributed by atoms with van der Waals surface area (Å²) in [5, 5.41) is 6.52. The molecule has 2 aromatic heterocycles. The van der Waals surface area contributed by atoms with Gasteiger partial charge in [-0.3, -0.25) is 9.89 Å². The van der Waals surface area contributed by atoms with Crippen LogP contribution in [0.25, 0.3) is 5.65 Å². The smallest absolute Gasteiger partial charge is 0.272 e. The number of piperidine rings is 1. The summed E-state index contributed by atoms with van der Waals surface area (Å²) >= 11 is 0. The molecule has 0 saturated carbocycles. The molecule has 0 aliphatic carbocycles. The lowest BCUT2D eigenvalue weighted by Gasteiger charge is -2.20. The predicted molar refractivity (Wildman–Crippen MR) is 65.4 cm³/mol. The minimum absolute atomic E-state index is 0.0346. The monoisotopic (exact) mass is 232 g/mol. The number of nitrogens with one attached hydrogen (secondary N) is 2. The zero-order chi connectivity index (χ0) is 11.8. The molecule has 0 spiro atoms. The first-order valence-electron chi connectivity index (χ1n) is 6.04. The van der Waals surface area contributed by atoms with Gasteiger partial charge in [0.05, 0.1) is 0 Å². The number of hydrogen-bond acceptors (Lipinski definition) is 3. The van der Waals surface area contributed by atoms with Crippen LogP contribution in [0, 0.1) is 6.92 Å². The van der Waals surface area contributed by atoms with Crippen molar-refractivity contribution in [2.24, 2.45) is 0 Å². The summed E-state index contributed by atoms with van der Waals surface area (Å²) in [5.41, 5.74) is 2.59.